The predicted molar refractivity (Wildman–Crippen MR) is 133 cm³/mol. The number of anilines is 1. The van der Waals surface area contributed by atoms with Gasteiger partial charge >= 0.3 is 0 Å². The van der Waals surface area contributed by atoms with Crippen LogP contribution in [0.4, 0.5) is 5.82 Å². The van der Waals surface area contributed by atoms with Crippen LogP contribution >= 0.6 is 0 Å². The molecular formula is C28H32N4. The molecule has 2 aromatic carbocycles. The largest absolute Gasteiger partial charge is 0.367 e. The van der Waals surface area contributed by atoms with Crippen LogP contribution in [0.5, 0.6) is 0 Å². The van der Waals surface area contributed by atoms with Crippen molar-refractivity contribution in [1.29, 1.82) is 0 Å². The lowest BCUT2D eigenvalue weighted by molar-refractivity contribution is 0.178. The maximum Gasteiger partial charge on any atom is 0.150 e. The number of benzene rings is 2. The first-order chi connectivity index (χ1) is 15.4. The number of aromatic nitrogens is 3. The summed E-state index contributed by atoms with van der Waals surface area (Å²) in [5, 5.41) is 4.93. The molecule has 0 spiro atoms. The minimum Gasteiger partial charge on any atom is -0.367 e. The zero-order valence-corrected chi connectivity index (χ0v) is 19.5. The number of nitrogens with one attached hydrogen (secondary N) is 1. The Morgan fingerprint density at radius 2 is 1.81 bits per heavy atom. The molecule has 1 fully saturated rings. The molecule has 0 amide bonds. The summed E-state index contributed by atoms with van der Waals surface area (Å²) < 4.78 is 2.20. The van der Waals surface area contributed by atoms with Crippen molar-refractivity contribution in [3.63, 3.8) is 0 Å². The number of rotatable bonds is 4. The second-order valence-electron chi connectivity index (χ2n) is 10.3. The number of aryl methyl sites for hydroxylation is 1. The molecule has 1 aliphatic carbocycles. The fraction of sp³-hybridized carbons (Fsp3) is 0.357. The maximum atomic E-state index is 4.75. The smallest absolute Gasteiger partial charge is 0.150 e. The summed E-state index contributed by atoms with van der Waals surface area (Å²) in [6.07, 6.45) is 7.52. The average molecular weight is 425 g/mol. The van der Waals surface area contributed by atoms with Crippen molar-refractivity contribution in [3.05, 3.63) is 72.7 Å². The van der Waals surface area contributed by atoms with Gasteiger partial charge < -0.3 is 9.88 Å². The Bertz CT molecular complexity index is 1240. The molecule has 0 aliphatic heterocycles. The minimum absolute atomic E-state index is 0.344. The predicted octanol–water partition coefficient (Wildman–Crippen LogP) is 7.02. The van der Waals surface area contributed by atoms with Gasteiger partial charge in [0.1, 0.15) is 12.1 Å². The van der Waals surface area contributed by atoms with Gasteiger partial charge in [0.05, 0.1) is 5.39 Å². The summed E-state index contributed by atoms with van der Waals surface area (Å²) >= 11 is 0. The average Bonchev–Trinajstić information content (AvgIpc) is 3.14. The van der Waals surface area contributed by atoms with Gasteiger partial charge in [-0.3, -0.25) is 0 Å². The fourth-order valence-corrected chi connectivity index (χ4v) is 5.63. The van der Waals surface area contributed by atoms with E-state index in [9.17, 15) is 0 Å². The topological polar surface area (TPSA) is 42.7 Å². The number of hydrogen-bond donors (Lipinski definition) is 1. The molecule has 5 rings (SSSR count). The molecule has 4 aromatic rings. The molecule has 2 aromatic heterocycles. The zero-order chi connectivity index (χ0) is 22.3. The van der Waals surface area contributed by atoms with Gasteiger partial charge in [0.25, 0.3) is 0 Å². The first-order valence-corrected chi connectivity index (χ1v) is 11.6. The Morgan fingerprint density at radius 1 is 1.00 bits per heavy atom. The van der Waals surface area contributed by atoms with Crippen LogP contribution < -0.4 is 5.32 Å². The normalized spacial score (nSPS) is 20.4. The SMILES string of the molecule is Cc1cccc(-n2cc(-c3ccccc3)c3c(N[C@H]4C[C@@H](C)CC(C)(C)C4)ncnc32)c1. The third kappa shape index (κ3) is 4.02. The van der Waals surface area contributed by atoms with Crippen LogP contribution in [0.2, 0.25) is 0 Å². The van der Waals surface area contributed by atoms with Gasteiger partial charge in [-0.2, -0.15) is 0 Å². The van der Waals surface area contributed by atoms with Crippen molar-refractivity contribution in [3.8, 4) is 16.8 Å². The van der Waals surface area contributed by atoms with E-state index >= 15 is 0 Å². The van der Waals surface area contributed by atoms with E-state index in [-0.39, 0.29) is 0 Å². The molecule has 1 saturated carbocycles. The summed E-state index contributed by atoms with van der Waals surface area (Å²) in [4.78, 5) is 9.49. The highest BCUT2D eigenvalue weighted by Crippen LogP contribution is 2.41. The van der Waals surface area contributed by atoms with Crippen molar-refractivity contribution in [2.75, 3.05) is 5.32 Å². The van der Waals surface area contributed by atoms with E-state index < -0.39 is 0 Å². The van der Waals surface area contributed by atoms with Gasteiger partial charge in [-0.15, -0.1) is 0 Å². The highest BCUT2D eigenvalue weighted by atomic mass is 15.1. The van der Waals surface area contributed by atoms with Crippen LogP contribution in [-0.2, 0) is 0 Å². The van der Waals surface area contributed by atoms with E-state index in [1.165, 1.54) is 24.0 Å². The van der Waals surface area contributed by atoms with Crippen molar-refractivity contribution in [1.82, 2.24) is 14.5 Å². The summed E-state index contributed by atoms with van der Waals surface area (Å²) in [6, 6.07) is 19.6. The fourth-order valence-electron chi connectivity index (χ4n) is 5.63. The lowest BCUT2D eigenvalue weighted by Gasteiger charge is -2.39. The minimum atomic E-state index is 0.344. The second-order valence-corrected chi connectivity index (χ2v) is 10.3. The van der Waals surface area contributed by atoms with Crippen LogP contribution in [0, 0.1) is 18.3 Å². The van der Waals surface area contributed by atoms with E-state index in [1.807, 2.05) is 0 Å². The van der Waals surface area contributed by atoms with Gasteiger partial charge in [-0.25, -0.2) is 9.97 Å². The molecule has 32 heavy (non-hydrogen) atoms. The molecule has 4 heteroatoms. The maximum absolute atomic E-state index is 4.75. The van der Waals surface area contributed by atoms with Crippen molar-refractivity contribution in [2.24, 2.45) is 11.3 Å². The highest BCUT2D eigenvalue weighted by Gasteiger charge is 2.32. The third-order valence-electron chi connectivity index (χ3n) is 6.68. The number of fused-ring (bicyclic) bond motifs is 1. The monoisotopic (exact) mass is 424 g/mol. The second kappa shape index (κ2) is 8.09. The third-order valence-corrected chi connectivity index (χ3v) is 6.68. The lowest BCUT2D eigenvalue weighted by atomic mass is 9.70. The lowest BCUT2D eigenvalue weighted by Crippen LogP contribution is -2.35. The van der Waals surface area contributed by atoms with Gasteiger partial charge in [0.2, 0.25) is 0 Å². The molecule has 1 N–H and O–H groups in total. The van der Waals surface area contributed by atoms with Crippen molar-refractivity contribution >= 4 is 16.9 Å². The van der Waals surface area contributed by atoms with E-state index in [0.29, 0.717) is 17.4 Å². The summed E-state index contributed by atoms with van der Waals surface area (Å²) in [7, 11) is 0. The van der Waals surface area contributed by atoms with Crippen LogP contribution in [0.1, 0.15) is 45.6 Å². The van der Waals surface area contributed by atoms with Crippen molar-refractivity contribution in [2.45, 2.75) is 53.0 Å². The first-order valence-electron chi connectivity index (χ1n) is 11.6. The van der Waals surface area contributed by atoms with Crippen LogP contribution in [-0.4, -0.2) is 20.6 Å². The molecule has 0 bridgehead atoms. The van der Waals surface area contributed by atoms with E-state index in [1.54, 1.807) is 6.33 Å². The molecule has 1 aliphatic rings. The Hall–Kier alpha value is -3.14. The number of hydrogen-bond acceptors (Lipinski definition) is 3. The number of nitrogens with zero attached hydrogens (tertiary/aromatic N) is 3. The Labute approximate surface area is 190 Å². The van der Waals surface area contributed by atoms with Gasteiger partial charge in [0, 0.05) is 23.5 Å². The standard InChI is InChI=1S/C28H32N4/c1-19-9-8-12-23(14-19)32-17-24(21-10-6-5-7-11-21)25-26(29-18-30-27(25)32)31-22-13-20(2)15-28(3,4)16-22/h5-12,14,17-18,20,22H,13,15-16H2,1-4H3,(H,29,30,31)/t20-,22+/m1/s1. The summed E-state index contributed by atoms with van der Waals surface area (Å²) in [5.74, 6) is 1.65. The molecule has 0 unspecified atom stereocenters. The molecule has 164 valence electrons. The van der Waals surface area contributed by atoms with Crippen LogP contribution in [0.15, 0.2) is 67.1 Å². The Morgan fingerprint density at radius 3 is 2.56 bits per heavy atom. The van der Waals surface area contributed by atoms with E-state index in [4.69, 9.17) is 9.97 Å². The van der Waals surface area contributed by atoms with Gasteiger partial charge in [-0.1, -0.05) is 63.2 Å². The van der Waals surface area contributed by atoms with Crippen LogP contribution in [0.3, 0.4) is 0 Å². The van der Waals surface area contributed by atoms with Gasteiger partial charge in [-0.05, 0) is 60.8 Å². The van der Waals surface area contributed by atoms with Crippen molar-refractivity contribution < 1.29 is 0 Å². The van der Waals surface area contributed by atoms with E-state index in [0.717, 1.165) is 34.5 Å². The molecule has 2 heterocycles. The Kier molecular flexibility index (Phi) is 5.24. The molecular weight excluding hydrogens is 392 g/mol. The van der Waals surface area contributed by atoms with Gasteiger partial charge in [0.15, 0.2) is 5.65 Å². The molecule has 0 radical (unpaired) electrons. The molecule has 2 atom stereocenters. The molecule has 0 saturated heterocycles. The summed E-state index contributed by atoms with van der Waals surface area (Å²) in [5.41, 5.74) is 5.98. The van der Waals surface area contributed by atoms with Crippen LogP contribution in [0.25, 0.3) is 27.8 Å². The molecule has 4 nitrogen and oxygen atoms in total. The highest BCUT2D eigenvalue weighted by molar-refractivity contribution is 6.02. The Balaban J connectivity index is 1.66. The summed E-state index contributed by atoms with van der Waals surface area (Å²) in [6.45, 7) is 9.27. The van der Waals surface area contributed by atoms with E-state index in [2.05, 4.69) is 98.4 Å². The quantitative estimate of drug-likeness (QED) is 0.383. The zero-order valence-electron chi connectivity index (χ0n) is 19.5. The first kappa shape index (κ1) is 20.7.